The lowest BCUT2D eigenvalue weighted by atomic mass is 10.1. The molecular weight excluding hydrogens is 324 g/mol. The van der Waals surface area contributed by atoms with Crippen LogP contribution in [0.3, 0.4) is 0 Å². The minimum absolute atomic E-state index is 0.0295. The molecule has 4 N–H and O–H groups in total. The highest BCUT2D eigenvalue weighted by molar-refractivity contribution is 5.93. The van der Waals surface area contributed by atoms with Crippen LogP contribution in [0.15, 0.2) is 48.5 Å². The number of rotatable bonds is 7. The Morgan fingerprint density at radius 2 is 1.44 bits per heavy atom. The Kier molecular flexibility index (Phi) is 6.11. The van der Waals surface area contributed by atoms with Crippen LogP contribution in [0.25, 0.3) is 0 Å². The van der Waals surface area contributed by atoms with Crippen LogP contribution in [0.1, 0.15) is 17.5 Å². The molecule has 0 aliphatic carbocycles. The molecule has 130 valence electrons. The van der Waals surface area contributed by atoms with Gasteiger partial charge in [-0.15, -0.1) is 0 Å². The highest BCUT2D eigenvalue weighted by Gasteiger charge is 2.05. The average Bonchev–Trinajstić information content (AvgIpc) is 2.55. The van der Waals surface area contributed by atoms with Gasteiger partial charge in [0.25, 0.3) is 0 Å². The molecule has 3 amide bonds. The summed E-state index contributed by atoms with van der Waals surface area (Å²) in [6.07, 6.45) is 0.607. The van der Waals surface area contributed by atoms with Gasteiger partial charge in [-0.05, 0) is 41.8 Å². The number of amides is 3. The predicted octanol–water partition coefficient (Wildman–Crippen LogP) is 2.23. The number of imide groups is 1. The first-order chi connectivity index (χ1) is 11.9. The van der Waals surface area contributed by atoms with Crippen LogP contribution in [0, 0.1) is 0 Å². The third-order valence-electron chi connectivity index (χ3n) is 3.34. The normalized spacial score (nSPS) is 10.1. The van der Waals surface area contributed by atoms with E-state index in [4.69, 9.17) is 15.6 Å². The number of aliphatic carboxylic acids is 1. The molecule has 0 aromatic heterocycles. The van der Waals surface area contributed by atoms with E-state index in [1.54, 1.807) is 36.4 Å². The molecule has 0 bridgehead atoms. The van der Waals surface area contributed by atoms with E-state index in [1.807, 2.05) is 17.4 Å². The number of nitrogens with two attached hydrogens (primary N) is 1. The van der Waals surface area contributed by atoms with Crippen LogP contribution >= 0.6 is 0 Å². The van der Waals surface area contributed by atoms with Crippen molar-refractivity contribution in [1.82, 2.24) is 5.32 Å². The molecule has 7 nitrogen and oxygen atoms in total. The minimum atomic E-state index is -0.881. The molecule has 0 heterocycles. The number of carbonyl (C=O) groups is 3. The zero-order chi connectivity index (χ0) is 18.2. The third-order valence-corrected chi connectivity index (χ3v) is 3.34. The highest BCUT2D eigenvalue weighted by atomic mass is 16.5. The second kappa shape index (κ2) is 8.49. The summed E-state index contributed by atoms with van der Waals surface area (Å²) in [5, 5.41) is 10.8. The maximum atomic E-state index is 11.4. The van der Waals surface area contributed by atoms with Gasteiger partial charge in [-0.25, -0.2) is 4.79 Å². The molecule has 0 aliphatic heterocycles. The molecule has 0 radical (unpaired) electrons. The van der Waals surface area contributed by atoms with Gasteiger partial charge in [0, 0.05) is 6.42 Å². The first kappa shape index (κ1) is 18.0. The summed E-state index contributed by atoms with van der Waals surface area (Å²) in [5.74, 6) is -0.0814. The van der Waals surface area contributed by atoms with Gasteiger partial charge < -0.3 is 15.6 Å². The van der Waals surface area contributed by atoms with Crippen molar-refractivity contribution in [2.75, 3.05) is 0 Å². The molecule has 0 unspecified atom stereocenters. The second-order valence-corrected chi connectivity index (χ2v) is 5.37. The topological polar surface area (TPSA) is 119 Å². The molecule has 25 heavy (non-hydrogen) atoms. The second-order valence-electron chi connectivity index (χ2n) is 5.37. The van der Waals surface area contributed by atoms with Crippen molar-refractivity contribution in [1.29, 1.82) is 0 Å². The lowest BCUT2D eigenvalue weighted by molar-refractivity contribution is -0.136. The maximum absolute atomic E-state index is 11.4. The van der Waals surface area contributed by atoms with Crippen molar-refractivity contribution in [2.45, 2.75) is 19.3 Å². The Morgan fingerprint density at radius 1 is 0.920 bits per heavy atom. The number of carboxylic acid groups (broad SMARTS) is 1. The fourth-order valence-corrected chi connectivity index (χ4v) is 2.17. The van der Waals surface area contributed by atoms with Crippen LogP contribution in [-0.4, -0.2) is 23.0 Å². The van der Waals surface area contributed by atoms with Gasteiger partial charge >= 0.3 is 12.0 Å². The molecule has 0 fully saturated rings. The Hall–Kier alpha value is -3.35. The van der Waals surface area contributed by atoms with E-state index in [9.17, 15) is 14.4 Å². The molecule has 7 heteroatoms. The fourth-order valence-electron chi connectivity index (χ4n) is 2.17. The fraction of sp³-hybridized carbons (Fsp3) is 0.167. The number of hydrogen-bond donors (Lipinski definition) is 3. The van der Waals surface area contributed by atoms with Gasteiger partial charge in [0.1, 0.15) is 11.5 Å². The minimum Gasteiger partial charge on any atom is -0.481 e. The summed E-state index contributed by atoms with van der Waals surface area (Å²) in [6, 6.07) is 13.2. The van der Waals surface area contributed by atoms with Crippen molar-refractivity contribution in [3.8, 4) is 11.5 Å². The van der Waals surface area contributed by atoms with E-state index in [-0.39, 0.29) is 12.8 Å². The summed E-state index contributed by atoms with van der Waals surface area (Å²) >= 11 is 0. The summed E-state index contributed by atoms with van der Waals surface area (Å²) in [6.45, 7) is 0. The predicted molar refractivity (Wildman–Crippen MR) is 90.3 cm³/mol. The average molecular weight is 342 g/mol. The molecule has 2 aromatic rings. The standard InChI is InChI=1S/C18H18N2O5/c19-18(24)20-16(21)10-5-12-1-6-14(7-2-12)25-15-8-3-13(4-9-15)11-17(22)23/h1-4,6-9H,5,10-11H2,(H,22,23)(H3,19,20,21,24). The van der Waals surface area contributed by atoms with E-state index < -0.39 is 17.9 Å². The van der Waals surface area contributed by atoms with Gasteiger partial charge in [-0.1, -0.05) is 24.3 Å². The Labute approximate surface area is 144 Å². The smallest absolute Gasteiger partial charge is 0.318 e. The molecule has 2 rings (SSSR count). The van der Waals surface area contributed by atoms with Crippen LogP contribution in [0.2, 0.25) is 0 Å². The molecule has 0 spiro atoms. The number of carboxylic acids is 1. The van der Waals surface area contributed by atoms with Crippen LogP contribution in [-0.2, 0) is 22.4 Å². The van der Waals surface area contributed by atoms with Gasteiger partial charge in [-0.2, -0.15) is 0 Å². The number of benzene rings is 2. The molecule has 0 saturated carbocycles. The first-order valence-electron chi connectivity index (χ1n) is 7.59. The summed E-state index contributed by atoms with van der Waals surface area (Å²) in [5.41, 5.74) is 6.49. The first-order valence-corrected chi connectivity index (χ1v) is 7.59. The quantitative estimate of drug-likeness (QED) is 0.713. The molecule has 0 aliphatic rings. The van der Waals surface area contributed by atoms with Crippen LogP contribution in [0.5, 0.6) is 11.5 Å². The number of nitrogens with one attached hydrogen (secondary N) is 1. The van der Waals surface area contributed by atoms with E-state index in [0.717, 1.165) is 5.56 Å². The number of aryl methyl sites for hydroxylation is 1. The van der Waals surface area contributed by atoms with Crippen molar-refractivity contribution in [3.05, 3.63) is 59.7 Å². The van der Waals surface area contributed by atoms with Crippen molar-refractivity contribution >= 4 is 17.9 Å². The maximum Gasteiger partial charge on any atom is 0.318 e. The van der Waals surface area contributed by atoms with Crippen LogP contribution < -0.4 is 15.8 Å². The largest absolute Gasteiger partial charge is 0.481 e. The Morgan fingerprint density at radius 3 is 1.92 bits per heavy atom. The van der Waals surface area contributed by atoms with E-state index in [1.165, 1.54) is 0 Å². The number of urea groups is 1. The zero-order valence-electron chi connectivity index (χ0n) is 13.4. The monoisotopic (exact) mass is 342 g/mol. The number of ether oxygens (including phenoxy) is 1. The summed E-state index contributed by atoms with van der Waals surface area (Å²) in [4.78, 5) is 32.6. The Bertz CT molecular complexity index is 754. The third kappa shape index (κ3) is 6.34. The van der Waals surface area contributed by atoms with E-state index in [2.05, 4.69) is 0 Å². The lowest BCUT2D eigenvalue weighted by Crippen LogP contribution is -2.35. The number of hydrogen-bond acceptors (Lipinski definition) is 4. The molecule has 0 saturated heterocycles. The van der Waals surface area contributed by atoms with E-state index in [0.29, 0.717) is 23.5 Å². The SMILES string of the molecule is NC(=O)NC(=O)CCc1ccc(Oc2ccc(CC(=O)O)cc2)cc1. The van der Waals surface area contributed by atoms with Crippen molar-refractivity contribution < 1.29 is 24.2 Å². The van der Waals surface area contributed by atoms with Crippen LogP contribution in [0.4, 0.5) is 4.79 Å². The summed E-state index contributed by atoms with van der Waals surface area (Å²) < 4.78 is 5.68. The van der Waals surface area contributed by atoms with E-state index >= 15 is 0 Å². The highest BCUT2D eigenvalue weighted by Crippen LogP contribution is 2.22. The van der Waals surface area contributed by atoms with Gasteiger partial charge in [0.05, 0.1) is 6.42 Å². The van der Waals surface area contributed by atoms with Crippen molar-refractivity contribution in [2.24, 2.45) is 5.73 Å². The van der Waals surface area contributed by atoms with Gasteiger partial charge in [0.15, 0.2) is 0 Å². The molecular formula is C18H18N2O5. The van der Waals surface area contributed by atoms with Gasteiger partial charge in [-0.3, -0.25) is 14.9 Å². The Balaban J connectivity index is 1.88. The molecule has 2 aromatic carbocycles. The van der Waals surface area contributed by atoms with Gasteiger partial charge in [0.2, 0.25) is 5.91 Å². The lowest BCUT2D eigenvalue weighted by Gasteiger charge is -2.07. The zero-order valence-corrected chi connectivity index (χ0v) is 13.4. The summed E-state index contributed by atoms with van der Waals surface area (Å²) in [7, 11) is 0. The number of carbonyl (C=O) groups excluding carboxylic acids is 2. The number of primary amides is 1. The molecule has 0 atom stereocenters. The van der Waals surface area contributed by atoms with Crippen molar-refractivity contribution in [3.63, 3.8) is 0 Å².